The lowest BCUT2D eigenvalue weighted by molar-refractivity contribution is -0.137. The van der Waals surface area contributed by atoms with Gasteiger partial charge in [-0.2, -0.15) is 13.2 Å². The molecule has 0 saturated heterocycles. The summed E-state index contributed by atoms with van der Waals surface area (Å²) in [6.07, 6.45) is -2.85. The third-order valence-electron chi connectivity index (χ3n) is 3.07. The van der Waals surface area contributed by atoms with E-state index < -0.39 is 11.7 Å². The molecule has 0 unspecified atom stereocenters. The molecular weight excluding hydrogens is 331 g/mol. The Balaban J connectivity index is 2.02. The molecule has 22 heavy (non-hydrogen) atoms. The number of rotatable bonds is 2. The molecule has 3 aromatic rings. The van der Waals surface area contributed by atoms with Gasteiger partial charge in [0, 0.05) is 26.4 Å². The van der Waals surface area contributed by atoms with Crippen LogP contribution in [0.4, 0.5) is 13.2 Å². The number of benzene rings is 2. The standard InChI is InChI=1S/C16H9ClF3NS/c17-11-2-4-12(5-3-11)22-15-7-8-21-14-9-10(16(18,19)20)1-6-13(14)15/h1-9H. The number of alkyl halides is 3. The van der Waals surface area contributed by atoms with Crippen molar-refractivity contribution in [1.29, 1.82) is 0 Å². The zero-order valence-electron chi connectivity index (χ0n) is 11.1. The summed E-state index contributed by atoms with van der Waals surface area (Å²) in [7, 11) is 0. The van der Waals surface area contributed by atoms with Crippen molar-refractivity contribution in [3.05, 3.63) is 65.3 Å². The van der Waals surface area contributed by atoms with E-state index in [0.29, 0.717) is 15.9 Å². The molecule has 1 aromatic heterocycles. The van der Waals surface area contributed by atoms with E-state index >= 15 is 0 Å². The maximum absolute atomic E-state index is 12.8. The van der Waals surface area contributed by atoms with Crippen LogP contribution in [0.25, 0.3) is 10.9 Å². The first-order chi connectivity index (χ1) is 10.4. The number of hydrogen-bond donors (Lipinski definition) is 0. The van der Waals surface area contributed by atoms with E-state index in [1.165, 1.54) is 24.0 Å². The fraction of sp³-hybridized carbons (Fsp3) is 0.0625. The van der Waals surface area contributed by atoms with Gasteiger partial charge < -0.3 is 0 Å². The van der Waals surface area contributed by atoms with E-state index in [0.717, 1.165) is 21.9 Å². The van der Waals surface area contributed by atoms with Crippen LogP contribution in [0.2, 0.25) is 5.02 Å². The molecule has 3 rings (SSSR count). The molecule has 0 aliphatic carbocycles. The van der Waals surface area contributed by atoms with Crippen molar-refractivity contribution in [2.75, 3.05) is 0 Å². The molecule has 1 nitrogen and oxygen atoms in total. The molecule has 0 bridgehead atoms. The average molecular weight is 340 g/mol. The van der Waals surface area contributed by atoms with Crippen molar-refractivity contribution in [3.8, 4) is 0 Å². The molecule has 0 fully saturated rings. The Hall–Kier alpha value is -1.72. The SMILES string of the molecule is FC(F)(F)c1ccc2c(Sc3ccc(Cl)cc3)ccnc2c1. The van der Waals surface area contributed by atoms with E-state index in [2.05, 4.69) is 4.98 Å². The number of aromatic nitrogens is 1. The van der Waals surface area contributed by atoms with Crippen molar-refractivity contribution < 1.29 is 13.2 Å². The van der Waals surface area contributed by atoms with Gasteiger partial charge in [0.25, 0.3) is 0 Å². The van der Waals surface area contributed by atoms with Gasteiger partial charge in [-0.3, -0.25) is 4.98 Å². The molecule has 112 valence electrons. The Kier molecular flexibility index (Phi) is 4.02. The molecule has 0 aliphatic rings. The molecular formula is C16H9ClF3NS. The smallest absolute Gasteiger partial charge is 0.256 e. The predicted octanol–water partition coefficient (Wildman–Crippen LogP) is 6.06. The summed E-state index contributed by atoms with van der Waals surface area (Å²) in [6, 6.07) is 12.7. The van der Waals surface area contributed by atoms with Gasteiger partial charge >= 0.3 is 6.18 Å². The van der Waals surface area contributed by atoms with Gasteiger partial charge in [-0.25, -0.2) is 0 Å². The third kappa shape index (κ3) is 3.20. The van der Waals surface area contributed by atoms with Gasteiger partial charge in [-0.05, 0) is 42.5 Å². The Labute approximate surface area is 134 Å². The summed E-state index contributed by atoms with van der Waals surface area (Å²) in [5, 5.41) is 1.33. The first-order valence-electron chi connectivity index (χ1n) is 6.33. The van der Waals surface area contributed by atoms with Crippen LogP contribution in [0.15, 0.2) is 64.5 Å². The van der Waals surface area contributed by atoms with Crippen molar-refractivity contribution in [3.63, 3.8) is 0 Å². The monoisotopic (exact) mass is 339 g/mol. The quantitative estimate of drug-likeness (QED) is 0.563. The van der Waals surface area contributed by atoms with Crippen molar-refractivity contribution in [2.45, 2.75) is 16.0 Å². The summed E-state index contributed by atoms with van der Waals surface area (Å²) in [5.41, 5.74) is -0.366. The summed E-state index contributed by atoms with van der Waals surface area (Å²) >= 11 is 7.30. The number of halogens is 4. The Morgan fingerprint density at radius 1 is 0.955 bits per heavy atom. The largest absolute Gasteiger partial charge is 0.416 e. The summed E-state index contributed by atoms with van der Waals surface area (Å²) in [6.45, 7) is 0. The minimum absolute atomic E-state index is 0.328. The molecule has 0 atom stereocenters. The average Bonchev–Trinajstić information content (AvgIpc) is 2.48. The van der Waals surface area contributed by atoms with Crippen molar-refractivity contribution in [1.82, 2.24) is 4.98 Å². The molecule has 6 heteroatoms. The molecule has 0 saturated carbocycles. The van der Waals surface area contributed by atoms with Crippen molar-refractivity contribution >= 4 is 34.3 Å². The third-order valence-corrected chi connectivity index (χ3v) is 4.41. The highest BCUT2D eigenvalue weighted by Gasteiger charge is 2.30. The molecule has 0 N–H and O–H groups in total. The van der Waals surface area contributed by atoms with Gasteiger partial charge in [0.2, 0.25) is 0 Å². The lowest BCUT2D eigenvalue weighted by Crippen LogP contribution is -2.04. The first kappa shape index (κ1) is 15.2. The summed E-state index contributed by atoms with van der Waals surface area (Å²) < 4.78 is 38.3. The lowest BCUT2D eigenvalue weighted by Gasteiger charge is -2.10. The maximum Gasteiger partial charge on any atom is 0.416 e. The highest BCUT2D eigenvalue weighted by Crippen LogP contribution is 2.36. The van der Waals surface area contributed by atoms with E-state index in [-0.39, 0.29) is 0 Å². The Morgan fingerprint density at radius 2 is 1.68 bits per heavy atom. The van der Waals surface area contributed by atoms with Gasteiger partial charge in [-0.15, -0.1) is 0 Å². The van der Waals surface area contributed by atoms with Crippen LogP contribution >= 0.6 is 23.4 Å². The summed E-state index contributed by atoms with van der Waals surface area (Å²) in [5.74, 6) is 0. The molecule has 2 aromatic carbocycles. The van der Waals surface area contributed by atoms with Crippen LogP contribution in [0.3, 0.4) is 0 Å². The van der Waals surface area contributed by atoms with Crippen LogP contribution < -0.4 is 0 Å². The molecule has 0 spiro atoms. The van der Waals surface area contributed by atoms with Crippen LogP contribution in [-0.4, -0.2) is 4.98 Å². The summed E-state index contributed by atoms with van der Waals surface area (Å²) in [4.78, 5) is 5.84. The fourth-order valence-corrected chi connectivity index (χ4v) is 3.08. The number of hydrogen-bond acceptors (Lipinski definition) is 2. The van der Waals surface area contributed by atoms with E-state index in [4.69, 9.17) is 11.6 Å². The maximum atomic E-state index is 12.8. The number of pyridine rings is 1. The van der Waals surface area contributed by atoms with Crippen LogP contribution in [0.5, 0.6) is 0 Å². The highest BCUT2D eigenvalue weighted by molar-refractivity contribution is 7.99. The minimum Gasteiger partial charge on any atom is -0.256 e. The molecule has 1 heterocycles. The molecule has 0 radical (unpaired) electrons. The van der Waals surface area contributed by atoms with Gasteiger partial charge in [0.15, 0.2) is 0 Å². The molecule has 0 aliphatic heterocycles. The van der Waals surface area contributed by atoms with Crippen molar-refractivity contribution in [2.24, 2.45) is 0 Å². The highest BCUT2D eigenvalue weighted by atomic mass is 35.5. The van der Waals surface area contributed by atoms with Crippen LogP contribution in [-0.2, 0) is 6.18 Å². The second-order valence-electron chi connectivity index (χ2n) is 4.59. The second-order valence-corrected chi connectivity index (χ2v) is 6.15. The molecule has 0 amide bonds. The second kappa shape index (κ2) is 5.82. The van der Waals surface area contributed by atoms with Gasteiger partial charge in [-0.1, -0.05) is 29.4 Å². The Bertz CT molecular complexity index is 816. The van der Waals surface area contributed by atoms with Crippen LogP contribution in [0, 0.1) is 0 Å². The van der Waals surface area contributed by atoms with Gasteiger partial charge in [0.05, 0.1) is 11.1 Å². The normalized spacial score (nSPS) is 11.8. The lowest BCUT2D eigenvalue weighted by atomic mass is 10.1. The predicted molar refractivity (Wildman–Crippen MR) is 82.3 cm³/mol. The number of nitrogens with zero attached hydrogens (tertiary/aromatic N) is 1. The van der Waals surface area contributed by atoms with Crippen LogP contribution in [0.1, 0.15) is 5.56 Å². The fourth-order valence-electron chi connectivity index (χ4n) is 2.02. The number of fused-ring (bicyclic) bond motifs is 1. The van der Waals surface area contributed by atoms with E-state index in [1.807, 2.05) is 12.1 Å². The Morgan fingerprint density at radius 3 is 2.36 bits per heavy atom. The van der Waals surface area contributed by atoms with E-state index in [9.17, 15) is 13.2 Å². The van der Waals surface area contributed by atoms with Gasteiger partial charge in [0.1, 0.15) is 0 Å². The topological polar surface area (TPSA) is 12.9 Å². The minimum atomic E-state index is -4.37. The van der Waals surface area contributed by atoms with E-state index in [1.54, 1.807) is 18.2 Å². The zero-order chi connectivity index (χ0) is 15.7. The first-order valence-corrected chi connectivity index (χ1v) is 7.52. The zero-order valence-corrected chi connectivity index (χ0v) is 12.6.